The molecule has 0 spiro atoms. The van der Waals surface area contributed by atoms with Gasteiger partial charge in [0.05, 0.1) is 23.9 Å². The summed E-state index contributed by atoms with van der Waals surface area (Å²) in [4.78, 5) is 34.6. The Bertz CT molecular complexity index is 1260. The summed E-state index contributed by atoms with van der Waals surface area (Å²) in [6, 6.07) is 12.2. The molecule has 0 aliphatic carbocycles. The van der Waals surface area contributed by atoms with Gasteiger partial charge in [0, 0.05) is 12.7 Å². The molecule has 0 unspecified atom stereocenters. The fraction of sp³-hybridized carbons (Fsp3) is 0.370. The molecule has 1 saturated heterocycles. The van der Waals surface area contributed by atoms with Crippen molar-refractivity contribution in [2.45, 2.75) is 32.7 Å². The number of ketones is 1. The van der Waals surface area contributed by atoms with Crippen molar-refractivity contribution in [3.63, 3.8) is 0 Å². The number of benzene rings is 1. The molecule has 8 nitrogen and oxygen atoms in total. The Hall–Kier alpha value is -3.65. The molecule has 3 aromatic rings. The van der Waals surface area contributed by atoms with Gasteiger partial charge in [0.2, 0.25) is 0 Å². The summed E-state index contributed by atoms with van der Waals surface area (Å²) in [5.74, 6) is -0.786. The Morgan fingerprint density at radius 1 is 1.14 bits per heavy atom. The summed E-state index contributed by atoms with van der Waals surface area (Å²) in [6.07, 6.45) is 3.38. The van der Waals surface area contributed by atoms with Gasteiger partial charge < -0.3 is 19.6 Å². The number of ether oxygens (including phenoxy) is 1. The van der Waals surface area contributed by atoms with Crippen LogP contribution in [0.25, 0.3) is 11.4 Å². The fourth-order valence-corrected chi connectivity index (χ4v) is 4.51. The van der Waals surface area contributed by atoms with Gasteiger partial charge in [-0.05, 0) is 70.2 Å². The molecule has 0 bridgehead atoms. The van der Waals surface area contributed by atoms with Crippen molar-refractivity contribution in [3.8, 4) is 5.75 Å². The van der Waals surface area contributed by atoms with Gasteiger partial charge in [0.1, 0.15) is 17.1 Å². The Morgan fingerprint density at radius 3 is 2.57 bits per heavy atom. The molecule has 4 rings (SSSR count). The normalized spacial score (nSPS) is 17.6. The molecule has 1 N–H and O–H groups in total. The lowest BCUT2D eigenvalue weighted by molar-refractivity contribution is -0.139. The van der Waals surface area contributed by atoms with E-state index in [-0.39, 0.29) is 11.3 Å². The van der Waals surface area contributed by atoms with E-state index in [1.165, 1.54) is 0 Å². The zero-order chi connectivity index (χ0) is 25.1. The molecule has 35 heavy (non-hydrogen) atoms. The van der Waals surface area contributed by atoms with Crippen LogP contribution >= 0.6 is 0 Å². The second-order valence-corrected chi connectivity index (χ2v) is 9.04. The van der Waals surface area contributed by atoms with Gasteiger partial charge >= 0.3 is 0 Å². The minimum atomic E-state index is -0.703. The number of imidazole rings is 1. The molecule has 2 aromatic heterocycles. The molecule has 1 aromatic carbocycles. The van der Waals surface area contributed by atoms with E-state index in [1.807, 2.05) is 68.4 Å². The van der Waals surface area contributed by atoms with Gasteiger partial charge in [-0.3, -0.25) is 14.0 Å². The molecular formula is C27H32N4O4. The molecule has 184 valence electrons. The molecule has 8 heteroatoms. The maximum absolute atomic E-state index is 13.3. The Morgan fingerprint density at radius 2 is 1.89 bits per heavy atom. The number of aliphatic hydroxyl groups excluding tert-OH is 1. The quantitative estimate of drug-likeness (QED) is 0.287. The van der Waals surface area contributed by atoms with E-state index in [2.05, 4.69) is 4.98 Å². The Balaban J connectivity index is 1.82. The summed E-state index contributed by atoms with van der Waals surface area (Å²) < 4.78 is 7.44. The minimum absolute atomic E-state index is 0.0795. The second-order valence-electron chi connectivity index (χ2n) is 9.04. The highest BCUT2D eigenvalue weighted by Gasteiger charge is 2.46. The summed E-state index contributed by atoms with van der Waals surface area (Å²) in [7, 11) is 3.93. The maximum Gasteiger partial charge on any atom is 0.295 e. The van der Waals surface area contributed by atoms with Gasteiger partial charge in [-0.25, -0.2) is 4.98 Å². The van der Waals surface area contributed by atoms with E-state index in [4.69, 9.17) is 4.74 Å². The zero-order valence-electron chi connectivity index (χ0n) is 20.7. The molecular weight excluding hydrogens is 444 g/mol. The number of carbonyl (C=O) groups excluding carboxylic acids is 2. The number of Topliss-reactive ketones (excluding diaryl/α,β-unsaturated/α-hetero) is 1. The van der Waals surface area contributed by atoms with Crippen molar-refractivity contribution in [1.29, 1.82) is 0 Å². The van der Waals surface area contributed by atoms with Crippen LogP contribution in [0, 0.1) is 6.92 Å². The molecule has 0 radical (unpaired) electrons. The van der Waals surface area contributed by atoms with Crippen molar-refractivity contribution in [2.75, 3.05) is 33.8 Å². The van der Waals surface area contributed by atoms with Crippen LogP contribution < -0.4 is 4.74 Å². The van der Waals surface area contributed by atoms with Gasteiger partial charge in [-0.15, -0.1) is 0 Å². The van der Waals surface area contributed by atoms with Crippen molar-refractivity contribution in [3.05, 3.63) is 71.2 Å². The van der Waals surface area contributed by atoms with Crippen LogP contribution in [0.2, 0.25) is 0 Å². The van der Waals surface area contributed by atoms with Crippen LogP contribution in [0.5, 0.6) is 5.75 Å². The molecule has 1 atom stereocenters. The third-order valence-electron chi connectivity index (χ3n) is 6.14. The van der Waals surface area contributed by atoms with Crippen molar-refractivity contribution >= 4 is 23.1 Å². The standard InChI is InChI=1S/C27H32N4O4/c1-5-17-35-20-12-10-19(11-13-20)24-22(26(33)27(34)31(24)16-8-14-29(3)4)25(32)23-18(2)28-21-9-6-7-15-30(21)23/h6-7,9-13,15,24,32H,5,8,14,16-17H2,1-4H3/b25-22+/t24-/m1/s1. The maximum atomic E-state index is 13.3. The number of hydrogen-bond donors (Lipinski definition) is 1. The number of aliphatic hydroxyl groups is 1. The lowest BCUT2D eigenvalue weighted by atomic mass is 9.96. The molecule has 1 fully saturated rings. The monoisotopic (exact) mass is 476 g/mol. The highest BCUT2D eigenvalue weighted by atomic mass is 16.5. The van der Waals surface area contributed by atoms with Gasteiger partial charge in [0.15, 0.2) is 5.76 Å². The van der Waals surface area contributed by atoms with Crippen LogP contribution in [0.1, 0.15) is 42.8 Å². The highest BCUT2D eigenvalue weighted by molar-refractivity contribution is 6.46. The molecule has 3 heterocycles. The molecule has 1 aliphatic rings. The summed E-state index contributed by atoms with van der Waals surface area (Å²) in [5.41, 5.74) is 2.47. The lowest BCUT2D eigenvalue weighted by Gasteiger charge is -2.26. The number of hydrogen-bond acceptors (Lipinski definition) is 6. The smallest absolute Gasteiger partial charge is 0.295 e. The van der Waals surface area contributed by atoms with Crippen LogP contribution in [0.3, 0.4) is 0 Å². The number of likely N-dealkylation sites (tertiary alicyclic amines) is 1. The summed E-state index contributed by atoms with van der Waals surface area (Å²) in [6.45, 7) is 5.59. The molecule has 0 saturated carbocycles. The van der Waals surface area contributed by atoms with Crippen LogP contribution in [0.4, 0.5) is 0 Å². The first-order valence-corrected chi connectivity index (χ1v) is 11.9. The predicted molar refractivity (Wildman–Crippen MR) is 134 cm³/mol. The van der Waals surface area contributed by atoms with E-state index >= 15 is 0 Å². The lowest BCUT2D eigenvalue weighted by Crippen LogP contribution is -2.32. The van der Waals surface area contributed by atoms with Crippen LogP contribution in [-0.2, 0) is 9.59 Å². The predicted octanol–water partition coefficient (Wildman–Crippen LogP) is 3.80. The first-order chi connectivity index (χ1) is 16.8. The SMILES string of the molecule is CCCOc1ccc([C@@H]2/C(=C(\O)c3c(C)nc4ccccn34)C(=O)C(=O)N2CCCN(C)C)cc1. The van der Waals surface area contributed by atoms with Gasteiger partial charge in [-0.1, -0.05) is 25.1 Å². The highest BCUT2D eigenvalue weighted by Crippen LogP contribution is 2.40. The number of rotatable bonds is 9. The van der Waals surface area contributed by atoms with Crippen molar-refractivity contribution in [2.24, 2.45) is 0 Å². The van der Waals surface area contributed by atoms with E-state index in [9.17, 15) is 14.7 Å². The van der Waals surface area contributed by atoms with Gasteiger partial charge in [0.25, 0.3) is 11.7 Å². The zero-order valence-corrected chi connectivity index (χ0v) is 20.7. The van der Waals surface area contributed by atoms with E-state index in [1.54, 1.807) is 22.4 Å². The average Bonchev–Trinajstić information content (AvgIpc) is 3.31. The van der Waals surface area contributed by atoms with Crippen LogP contribution in [0.15, 0.2) is 54.2 Å². The van der Waals surface area contributed by atoms with Gasteiger partial charge in [-0.2, -0.15) is 0 Å². The number of carbonyl (C=O) groups is 2. The number of aryl methyl sites for hydroxylation is 1. The van der Waals surface area contributed by atoms with Crippen LogP contribution in [-0.4, -0.2) is 69.8 Å². The van der Waals surface area contributed by atoms with E-state index in [0.29, 0.717) is 36.6 Å². The Labute approximate surface area is 205 Å². The minimum Gasteiger partial charge on any atom is -0.505 e. The van der Waals surface area contributed by atoms with E-state index in [0.717, 1.165) is 24.3 Å². The number of pyridine rings is 1. The first kappa shape index (κ1) is 24.5. The number of amides is 1. The largest absolute Gasteiger partial charge is 0.505 e. The Kier molecular flexibility index (Phi) is 7.21. The van der Waals surface area contributed by atoms with Crippen molar-refractivity contribution < 1.29 is 19.4 Å². The number of nitrogens with zero attached hydrogens (tertiary/aromatic N) is 4. The number of aromatic nitrogens is 2. The summed E-state index contributed by atoms with van der Waals surface area (Å²) >= 11 is 0. The first-order valence-electron chi connectivity index (χ1n) is 11.9. The summed E-state index contributed by atoms with van der Waals surface area (Å²) in [5, 5.41) is 11.5. The molecule has 1 aliphatic heterocycles. The third kappa shape index (κ3) is 4.79. The van der Waals surface area contributed by atoms with E-state index < -0.39 is 17.7 Å². The topological polar surface area (TPSA) is 87.4 Å². The fourth-order valence-electron chi connectivity index (χ4n) is 4.51. The third-order valence-corrected chi connectivity index (χ3v) is 6.14. The number of fused-ring (bicyclic) bond motifs is 1. The van der Waals surface area contributed by atoms with Crippen molar-refractivity contribution in [1.82, 2.24) is 19.2 Å². The second kappa shape index (κ2) is 10.3. The molecule has 1 amide bonds. The average molecular weight is 477 g/mol.